The molecular formula is C42H68N2O. The van der Waals surface area contributed by atoms with E-state index in [1.807, 2.05) is 0 Å². The highest BCUT2D eigenvalue weighted by Gasteiger charge is 2.58. The fraction of sp³-hybridized carbons (Fsp3) is 1.00. The number of hydrogen-bond donors (Lipinski definition) is 0. The highest BCUT2D eigenvalue weighted by Crippen LogP contribution is 2.58. The maximum atomic E-state index is 6.79. The van der Waals surface area contributed by atoms with Gasteiger partial charge in [0.25, 0.3) is 0 Å². The molecule has 3 saturated heterocycles. The van der Waals surface area contributed by atoms with Crippen molar-refractivity contribution in [1.29, 1.82) is 0 Å². The molecule has 0 bridgehead atoms. The Morgan fingerprint density at radius 2 is 0.889 bits per heavy atom. The summed E-state index contributed by atoms with van der Waals surface area (Å²) >= 11 is 0. The summed E-state index contributed by atoms with van der Waals surface area (Å²) in [7, 11) is 0. The number of fused-ring (bicyclic) bond motifs is 9. The average molecular weight is 617 g/mol. The number of nitrogens with zero attached hydrogens (tertiary/aromatic N) is 2. The Balaban J connectivity index is 0.870. The van der Waals surface area contributed by atoms with Crippen LogP contribution < -0.4 is 0 Å². The third kappa shape index (κ3) is 5.02. The number of likely N-dealkylation sites (tertiary alicyclic amines) is 2. The van der Waals surface area contributed by atoms with Crippen LogP contribution in [0.25, 0.3) is 0 Å². The molecule has 15 unspecified atom stereocenters. The summed E-state index contributed by atoms with van der Waals surface area (Å²) in [5.41, 5.74) is 0. The minimum Gasteiger partial charge on any atom is -0.374 e. The van der Waals surface area contributed by atoms with Crippen LogP contribution in [-0.4, -0.2) is 58.3 Å². The van der Waals surface area contributed by atoms with E-state index in [4.69, 9.17) is 4.74 Å². The van der Waals surface area contributed by atoms with Crippen LogP contribution in [0, 0.1) is 47.3 Å². The Labute approximate surface area is 276 Å². The molecule has 3 heterocycles. The van der Waals surface area contributed by atoms with Gasteiger partial charge in [-0.25, -0.2) is 0 Å². The summed E-state index contributed by atoms with van der Waals surface area (Å²) in [5, 5.41) is 0. The monoisotopic (exact) mass is 617 g/mol. The molecule has 252 valence electrons. The van der Waals surface area contributed by atoms with Crippen LogP contribution in [0.5, 0.6) is 0 Å². The molecule has 3 heteroatoms. The predicted octanol–water partition coefficient (Wildman–Crippen LogP) is 9.76. The first-order chi connectivity index (χ1) is 22.3. The van der Waals surface area contributed by atoms with Gasteiger partial charge in [-0.3, -0.25) is 9.80 Å². The largest absolute Gasteiger partial charge is 0.374 e. The van der Waals surface area contributed by atoms with Crippen molar-refractivity contribution in [3.63, 3.8) is 0 Å². The van der Waals surface area contributed by atoms with Crippen molar-refractivity contribution in [1.82, 2.24) is 9.80 Å². The molecule has 0 radical (unpaired) electrons. The Bertz CT molecular complexity index is 1040. The number of ether oxygens (including phenoxy) is 1. The minimum absolute atomic E-state index is 0.618. The Kier molecular flexibility index (Phi) is 8.16. The van der Waals surface area contributed by atoms with Gasteiger partial charge < -0.3 is 4.74 Å². The molecule has 10 aliphatic rings. The highest BCUT2D eigenvalue weighted by molar-refractivity contribution is 5.11. The lowest BCUT2D eigenvalue weighted by Crippen LogP contribution is -2.51. The first-order valence-electron chi connectivity index (χ1n) is 21.5. The zero-order chi connectivity index (χ0) is 29.5. The summed E-state index contributed by atoms with van der Waals surface area (Å²) < 4.78 is 6.79. The molecule has 45 heavy (non-hydrogen) atoms. The van der Waals surface area contributed by atoms with E-state index >= 15 is 0 Å². The molecule has 0 aromatic carbocycles. The SMILES string of the molecule is C1CCC(N2C3CCCCC3C3CC(C4CCC5C6CCCCC6N(C6CCC7OC8CCCCC8C7C6)C5C4)CCC32)CC1. The highest BCUT2D eigenvalue weighted by atomic mass is 16.5. The van der Waals surface area contributed by atoms with Crippen molar-refractivity contribution in [3.05, 3.63) is 0 Å². The molecule has 3 aliphatic heterocycles. The van der Waals surface area contributed by atoms with E-state index in [-0.39, 0.29) is 0 Å². The predicted molar refractivity (Wildman–Crippen MR) is 183 cm³/mol. The molecule has 0 aromatic rings. The second-order valence-corrected chi connectivity index (χ2v) is 19.1. The van der Waals surface area contributed by atoms with Crippen LogP contribution in [0.3, 0.4) is 0 Å². The van der Waals surface area contributed by atoms with E-state index in [0.29, 0.717) is 12.2 Å². The Morgan fingerprint density at radius 1 is 0.311 bits per heavy atom. The molecule has 0 N–H and O–H groups in total. The first-order valence-corrected chi connectivity index (χ1v) is 21.5. The normalized spacial score (nSPS) is 54.0. The van der Waals surface area contributed by atoms with Crippen molar-refractivity contribution in [2.45, 2.75) is 215 Å². The zero-order valence-corrected chi connectivity index (χ0v) is 28.9. The van der Waals surface area contributed by atoms with E-state index in [1.54, 1.807) is 57.8 Å². The van der Waals surface area contributed by atoms with Gasteiger partial charge in [0.15, 0.2) is 0 Å². The number of rotatable bonds is 3. The second-order valence-electron chi connectivity index (χ2n) is 19.1. The number of hydrogen-bond acceptors (Lipinski definition) is 3. The van der Waals surface area contributed by atoms with Gasteiger partial charge in [0, 0.05) is 36.3 Å². The first kappa shape index (κ1) is 29.8. The van der Waals surface area contributed by atoms with Crippen LogP contribution in [0.4, 0.5) is 0 Å². The molecule has 0 aromatic heterocycles. The van der Waals surface area contributed by atoms with E-state index < -0.39 is 0 Å². The maximum Gasteiger partial charge on any atom is 0.0612 e. The molecule has 0 amide bonds. The summed E-state index contributed by atoms with van der Waals surface area (Å²) in [6, 6.07) is 5.64. The fourth-order valence-corrected chi connectivity index (χ4v) is 16.0. The quantitative estimate of drug-likeness (QED) is 0.314. The van der Waals surface area contributed by atoms with Gasteiger partial charge >= 0.3 is 0 Å². The van der Waals surface area contributed by atoms with Gasteiger partial charge in [0.05, 0.1) is 12.2 Å². The standard InChI is InChI=1S/C42H68N2O/c1-2-10-29(11-3-1)43-38-16-8-5-13-32(38)35-24-27(19-22-39(35)43)28-18-21-33-31-12-4-7-15-37(31)44(40(33)25-28)30-20-23-42-36(26-30)34-14-6-9-17-41(34)45-42/h27-42H,1-26H2. The lowest BCUT2D eigenvalue weighted by atomic mass is 9.62. The summed E-state index contributed by atoms with van der Waals surface area (Å²) in [5.74, 6) is 8.08. The van der Waals surface area contributed by atoms with Gasteiger partial charge in [0.1, 0.15) is 0 Å². The molecule has 7 aliphatic carbocycles. The van der Waals surface area contributed by atoms with Crippen LogP contribution in [0.2, 0.25) is 0 Å². The maximum absolute atomic E-state index is 6.79. The molecule has 15 atom stereocenters. The molecule has 7 saturated carbocycles. The van der Waals surface area contributed by atoms with Crippen molar-refractivity contribution < 1.29 is 4.74 Å². The van der Waals surface area contributed by atoms with Crippen LogP contribution >= 0.6 is 0 Å². The lowest BCUT2D eigenvalue weighted by Gasteiger charge is -2.48. The van der Waals surface area contributed by atoms with Crippen LogP contribution in [0.15, 0.2) is 0 Å². The summed E-state index contributed by atoms with van der Waals surface area (Å²) in [6.45, 7) is 0. The van der Waals surface area contributed by atoms with E-state index in [0.717, 1.165) is 83.6 Å². The summed E-state index contributed by atoms with van der Waals surface area (Å²) in [6.07, 6.45) is 40.7. The average Bonchev–Trinajstić information content (AvgIpc) is 3.75. The van der Waals surface area contributed by atoms with Gasteiger partial charge in [0.2, 0.25) is 0 Å². The third-order valence-corrected chi connectivity index (χ3v) is 17.6. The third-order valence-electron chi connectivity index (χ3n) is 17.6. The lowest BCUT2D eigenvalue weighted by molar-refractivity contribution is -0.0213. The summed E-state index contributed by atoms with van der Waals surface area (Å²) in [4.78, 5) is 6.60. The topological polar surface area (TPSA) is 15.7 Å². The van der Waals surface area contributed by atoms with Crippen molar-refractivity contribution in [2.75, 3.05) is 0 Å². The molecule has 0 spiro atoms. The van der Waals surface area contributed by atoms with Crippen molar-refractivity contribution in [2.24, 2.45) is 47.3 Å². The van der Waals surface area contributed by atoms with Crippen molar-refractivity contribution in [3.8, 4) is 0 Å². The fourth-order valence-electron chi connectivity index (χ4n) is 16.0. The van der Waals surface area contributed by atoms with Gasteiger partial charge in [-0.1, -0.05) is 57.8 Å². The Hall–Kier alpha value is -0.120. The Morgan fingerprint density at radius 3 is 1.71 bits per heavy atom. The van der Waals surface area contributed by atoms with E-state index in [9.17, 15) is 0 Å². The van der Waals surface area contributed by atoms with Crippen LogP contribution in [-0.2, 0) is 4.74 Å². The van der Waals surface area contributed by atoms with E-state index in [1.165, 1.54) is 109 Å². The smallest absolute Gasteiger partial charge is 0.0612 e. The zero-order valence-electron chi connectivity index (χ0n) is 28.9. The van der Waals surface area contributed by atoms with Crippen molar-refractivity contribution >= 4 is 0 Å². The molecule has 10 fully saturated rings. The molecule has 3 nitrogen and oxygen atoms in total. The van der Waals surface area contributed by atoms with Gasteiger partial charge in [-0.05, 0) is 156 Å². The van der Waals surface area contributed by atoms with Gasteiger partial charge in [-0.15, -0.1) is 0 Å². The molecule has 10 rings (SSSR count). The minimum atomic E-state index is 0.618. The molecular weight excluding hydrogens is 548 g/mol. The van der Waals surface area contributed by atoms with Gasteiger partial charge in [-0.2, -0.15) is 0 Å². The van der Waals surface area contributed by atoms with E-state index in [2.05, 4.69) is 9.80 Å². The second kappa shape index (κ2) is 12.3. The van der Waals surface area contributed by atoms with Crippen LogP contribution in [0.1, 0.15) is 167 Å².